The van der Waals surface area contributed by atoms with E-state index in [1.54, 1.807) is 11.6 Å². The molecule has 6 nitrogen and oxygen atoms in total. The molecule has 23 heavy (non-hydrogen) atoms. The van der Waals surface area contributed by atoms with Crippen LogP contribution in [-0.4, -0.2) is 47.9 Å². The van der Waals surface area contributed by atoms with E-state index in [1.165, 1.54) is 11.3 Å². The Morgan fingerprint density at radius 3 is 3.13 bits per heavy atom. The predicted molar refractivity (Wildman–Crippen MR) is 90.3 cm³/mol. The topological polar surface area (TPSA) is 88.3 Å². The van der Waals surface area contributed by atoms with Crippen LogP contribution in [0.25, 0.3) is 10.2 Å². The molecule has 2 amide bonds. The van der Waals surface area contributed by atoms with Crippen molar-refractivity contribution in [2.45, 2.75) is 12.8 Å². The molecule has 1 unspecified atom stereocenters. The van der Waals surface area contributed by atoms with Gasteiger partial charge in [0.2, 0.25) is 5.91 Å². The van der Waals surface area contributed by atoms with Crippen LogP contribution >= 0.6 is 11.3 Å². The molecule has 1 aromatic heterocycles. The zero-order valence-electron chi connectivity index (χ0n) is 12.8. The number of primary amides is 1. The number of carbonyl (C=O) groups excluding carboxylic acids is 2. The molecule has 1 aliphatic heterocycles. The summed E-state index contributed by atoms with van der Waals surface area (Å²) in [6, 6.07) is 5.52. The number of benzene rings is 1. The Morgan fingerprint density at radius 1 is 1.43 bits per heavy atom. The molecule has 1 fully saturated rings. The number of nitrogens with zero attached hydrogens (tertiary/aromatic N) is 2. The van der Waals surface area contributed by atoms with Crippen molar-refractivity contribution in [3.63, 3.8) is 0 Å². The minimum Gasteiger partial charge on any atom is -0.369 e. The van der Waals surface area contributed by atoms with Gasteiger partial charge >= 0.3 is 0 Å². The van der Waals surface area contributed by atoms with Crippen LogP contribution < -0.4 is 11.1 Å². The Kier molecular flexibility index (Phi) is 4.88. The summed E-state index contributed by atoms with van der Waals surface area (Å²) in [7, 11) is 0. The fraction of sp³-hybridized carbons (Fsp3) is 0.438. The Hall–Kier alpha value is -1.99. The first kappa shape index (κ1) is 15.9. The van der Waals surface area contributed by atoms with Crippen molar-refractivity contribution in [2.75, 3.05) is 26.2 Å². The third-order valence-electron chi connectivity index (χ3n) is 4.21. The van der Waals surface area contributed by atoms with Gasteiger partial charge in [-0.05, 0) is 37.6 Å². The van der Waals surface area contributed by atoms with Crippen LogP contribution in [0.15, 0.2) is 23.7 Å². The molecule has 1 aliphatic rings. The number of hydrogen-bond acceptors (Lipinski definition) is 5. The number of hydrogen-bond donors (Lipinski definition) is 2. The highest BCUT2D eigenvalue weighted by Crippen LogP contribution is 2.19. The highest BCUT2D eigenvalue weighted by Gasteiger charge is 2.23. The maximum atomic E-state index is 12.2. The first-order valence-corrected chi connectivity index (χ1v) is 8.64. The van der Waals surface area contributed by atoms with Gasteiger partial charge in [0.15, 0.2) is 0 Å². The Balaban J connectivity index is 1.50. The first-order valence-electron chi connectivity index (χ1n) is 7.76. The highest BCUT2D eigenvalue weighted by atomic mass is 32.1. The second-order valence-electron chi connectivity index (χ2n) is 5.83. The molecule has 0 aliphatic carbocycles. The summed E-state index contributed by atoms with van der Waals surface area (Å²) in [5, 5.41) is 2.93. The molecule has 0 radical (unpaired) electrons. The maximum Gasteiger partial charge on any atom is 0.251 e. The number of amides is 2. The van der Waals surface area contributed by atoms with Crippen LogP contribution in [-0.2, 0) is 4.79 Å². The summed E-state index contributed by atoms with van der Waals surface area (Å²) >= 11 is 1.53. The van der Waals surface area contributed by atoms with Crippen molar-refractivity contribution < 1.29 is 9.59 Å². The van der Waals surface area contributed by atoms with E-state index in [9.17, 15) is 9.59 Å². The SMILES string of the molecule is NC(=O)C1CCCN(CCNC(=O)c2ccc3ncsc3c2)C1. The van der Waals surface area contributed by atoms with Crippen LogP contribution in [0.2, 0.25) is 0 Å². The van der Waals surface area contributed by atoms with Gasteiger partial charge < -0.3 is 16.0 Å². The number of thiazole rings is 1. The van der Waals surface area contributed by atoms with Gasteiger partial charge in [-0.15, -0.1) is 11.3 Å². The smallest absolute Gasteiger partial charge is 0.251 e. The van der Waals surface area contributed by atoms with E-state index in [-0.39, 0.29) is 17.7 Å². The number of carbonyl (C=O) groups is 2. The van der Waals surface area contributed by atoms with Gasteiger partial charge in [0.1, 0.15) is 0 Å². The Bertz CT molecular complexity index is 715. The molecule has 1 aromatic carbocycles. The average Bonchev–Trinajstić information content (AvgIpc) is 3.02. The maximum absolute atomic E-state index is 12.2. The molecule has 0 spiro atoms. The zero-order valence-corrected chi connectivity index (χ0v) is 13.6. The number of piperidine rings is 1. The summed E-state index contributed by atoms with van der Waals surface area (Å²) in [5.74, 6) is -0.367. The van der Waals surface area contributed by atoms with Crippen LogP contribution in [0, 0.1) is 5.92 Å². The molecule has 122 valence electrons. The predicted octanol–water partition coefficient (Wildman–Crippen LogP) is 1.22. The third kappa shape index (κ3) is 3.86. The fourth-order valence-electron chi connectivity index (χ4n) is 2.92. The van der Waals surface area contributed by atoms with Crippen molar-refractivity contribution in [3.05, 3.63) is 29.3 Å². The quantitative estimate of drug-likeness (QED) is 0.862. The monoisotopic (exact) mass is 332 g/mol. The largest absolute Gasteiger partial charge is 0.369 e. The van der Waals surface area contributed by atoms with Crippen molar-refractivity contribution in [2.24, 2.45) is 11.7 Å². The summed E-state index contributed by atoms with van der Waals surface area (Å²) in [6.45, 7) is 2.94. The Morgan fingerprint density at radius 2 is 2.30 bits per heavy atom. The van der Waals surface area contributed by atoms with E-state index in [0.29, 0.717) is 18.7 Å². The van der Waals surface area contributed by atoms with E-state index < -0.39 is 0 Å². The van der Waals surface area contributed by atoms with Crippen molar-refractivity contribution in [1.29, 1.82) is 0 Å². The summed E-state index contributed by atoms with van der Waals surface area (Å²) in [6.07, 6.45) is 1.84. The van der Waals surface area contributed by atoms with Gasteiger partial charge in [-0.2, -0.15) is 0 Å². The highest BCUT2D eigenvalue weighted by molar-refractivity contribution is 7.16. The van der Waals surface area contributed by atoms with E-state index >= 15 is 0 Å². The summed E-state index contributed by atoms with van der Waals surface area (Å²) < 4.78 is 1.01. The molecule has 0 saturated carbocycles. The molecule has 2 heterocycles. The minimum atomic E-state index is -0.225. The number of nitrogens with two attached hydrogens (primary N) is 1. The first-order chi connectivity index (χ1) is 11.1. The van der Waals surface area contributed by atoms with Gasteiger partial charge in [-0.3, -0.25) is 9.59 Å². The average molecular weight is 332 g/mol. The van der Waals surface area contributed by atoms with Crippen LogP contribution in [0.5, 0.6) is 0 Å². The molecule has 3 rings (SSSR count). The fourth-order valence-corrected chi connectivity index (χ4v) is 3.63. The molecule has 1 atom stereocenters. The molecular formula is C16H20N4O2S. The van der Waals surface area contributed by atoms with Crippen molar-refractivity contribution >= 4 is 33.4 Å². The number of aromatic nitrogens is 1. The normalized spacial score (nSPS) is 18.9. The van der Waals surface area contributed by atoms with Gasteiger partial charge in [-0.25, -0.2) is 4.98 Å². The molecular weight excluding hydrogens is 312 g/mol. The van der Waals surface area contributed by atoms with Gasteiger partial charge in [0.25, 0.3) is 5.91 Å². The number of nitrogens with one attached hydrogen (secondary N) is 1. The second kappa shape index (κ2) is 7.06. The number of fused-ring (bicyclic) bond motifs is 1. The second-order valence-corrected chi connectivity index (χ2v) is 6.72. The van der Waals surface area contributed by atoms with Gasteiger partial charge in [0.05, 0.1) is 21.6 Å². The lowest BCUT2D eigenvalue weighted by molar-refractivity contribution is -0.123. The van der Waals surface area contributed by atoms with Crippen molar-refractivity contribution in [3.8, 4) is 0 Å². The van der Waals surface area contributed by atoms with Crippen LogP contribution in [0.4, 0.5) is 0 Å². The summed E-state index contributed by atoms with van der Waals surface area (Å²) in [5.41, 5.74) is 8.72. The molecule has 3 N–H and O–H groups in total. The summed E-state index contributed by atoms with van der Waals surface area (Å²) in [4.78, 5) is 29.9. The molecule has 7 heteroatoms. The Labute approximate surface area is 138 Å². The van der Waals surface area contributed by atoms with E-state index in [2.05, 4.69) is 15.2 Å². The van der Waals surface area contributed by atoms with Gasteiger partial charge in [-0.1, -0.05) is 0 Å². The third-order valence-corrected chi connectivity index (χ3v) is 5.01. The lowest BCUT2D eigenvalue weighted by Crippen LogP contribution is -2.44. The van der Waals surface area contributed by atoms with Gasteiger partial charge in [0, 0.05) is 25.2 Å². The van der Waals surface area contributed by atoms with Crippen LogP contribution in [0.3, 0.4) is 0 Å². The number of likely N-dealkylation sites (tertiary alicyclic amines) is 1. The number of rotatable bonds is 5. The lowest BCUT2D eigenvalue weighted by atomic mass is 9.97. The van der Waals surface area contributed by atoms with Crippen molar-refractivity contribution in [1.82, 2.24) is 15.2 Å². The standard InChI is InChI=1S/C16H20N4O2S/c17-15(21)12-2-1-6-20(9-12)7-5-18-16(22)11-3-4-13-14(8-11)23-10-19-13/h3-4,8,10,12H,1-2,5-7,9H2,(H2,17,21)(H,18,22). The molecule has 2 aromatic rings. The van der Waals surface area contributed by atoms with E-state index in [0.717, 1.165) is 36.1 Å². The molecule has 1 saturated heterocycles. The lowest BCUT2D eigenvalue weighted by Gasteiger charge is -2.31. The van der Waals surface area contributed by atoms with E-state index in [1.807, 2.05) is 12.1 Å². The van der Waals surface area contributed by atoms with E-state index in [4.69, 9.17) is 5.73 Å². The molecule has 0 bridgehead atoms. The zero-order chi connectivity index (χ0) is 16.2. The van der Waals surface area contributed by atoms with Crippen LogP contribution in [0.1, 0.15) is 23.2 Å². The minimum absolute atomic E-state index is 0.0619.